The summed E-state index contributed by atoms with van der Waals surface area (Å²) in [6.45, 7) is 5.54. The minimum absolute atomic E-state index is 0.0902. The normalized spacial score (nSPS) is 15.3. The van der Waals surface area contributed by atoms with E-state index in [-0.39, 0.29) is 5.54 Å². The molecule has 3 nitrogen and oxygen atoms in total. The third kappa shape index (κ3) is 3.73. The average molecular weight is 283 g/mol. The summed E-state index contributed by atoms with van der Waals surface area (Å²) in [7, 11) is 0. The van der Waals surface area contributed by atoms with Crippen LogP contribution in [0.4, 0.5) is 0 Å². The second kappa shape index (κ2) is 6.02. The molecule has 0 bridgehead atoms. The topological polar surface area (TPSA) is 29.9 Å². The Balaban J connectivity index is 1.64. The summed E-state index contributed by atoms with van der Waals surface area (Å²) in [4.78, 5) is 4.36. The predicted octanol–water partition coefficient (Wildman–Crippen LogP) is 3.50. The third-order valence-electron chi connectivity index (χ3n) is 4.38. The number of hydrogen-bond acceptors (Lipinski definition) is 2. The predicted molar refractivity (Wildman–Crippen MR) is 86.2 cm³/mol. The molecule has 1 fully saturated rings. The smallest absolute Gasteiger partial charge is 0.0953 e. The molecule has 0 atom stereocenters. The van der Waals surface area contributed by atoms with Gasteiger partial charge in [0.25, 0.3) is 0 Å². The second-order valence-electron chi connectivity index (χ2n) is 6.71. The first-order valence-electron chi connectivity index (χ1n) is 7.94. The SMILES string of the molecule is CC(C)(CCc1ccccc1)n1cncc1CNC1CC1. The minimum Gasteiger partial charge on any atom is -0.328 e. The summed E-state index contributed by atoms with van der Waals surface area (Å²) in [5, 5.41) is 3.58. The highest BCUT2D eigenvalue weighted by atomic mass is 15.1. The highest BCUT2D eigenvalue weighted by Crippen LogP contribution is 2.25. The van der Waals surface area contributed by atoms with Crippen LogP contribution in [0.5, 0.6) is 0 Å². The Morgan fingerprint density at radius 3 is 2.71 bits per heavy atom. The van der Waals surface area contributed by atoms with Crippen molar-refractivity contribution in [1.82, 2.24) is 14.9 Å². The van der Waals surface area contributed by atoms with Gasteiger partial charge in [0.15, 0.2) is 0 Å². The van der Waals surface area contributed by atoms with Crippen molar-refractivity contribution in [2.45, 2.75) is 57.7 Å². The molecule has 0 amide bonds. The second-order valence-corrected chi connectivity index (χ2v) is 6.71. The number of hydrogen-bond donors (Lipinski definition) is 1. The van der Waals surface area contributed by atoms with E-state index in [4.69, 9.17) is 0 Å². The maximum atomic E-state index is 4.36. The fraction of sp³-hybridized carbons (Fsp3) is 0.500. The van der Waals surface area contributed by atoms with E-state index < -0.39 is 0 Å². The van der Waals surface area contributed by atoms with E-state index in [0.29, 0.717) is 0 Å². The van der Waals surface area contributed by atoms with Crippen LogP contribution in [0, 0.1) is 0 Å². The van der Waals surface area contributed by atoms with Gasteiger partial charge in [-0.1, -0.05) is 30.3 Å². The zero-order chi connectivity index (χ0) is 14.7. The van der Waals surface area contributed by atoms with Gasteiger partial charge in [0, 0.05) is 24.3 Å². The Kier molecular flexibility index (Phi) is 4.11. The lowest BCUT2D eigenvalue weighted by molar-refractivity contribution is 0.316. The summed E-state index contributed by atoms with van der Waals surface area (Å²) in [6.07, 6.45) is 8.84. The molecule has 0 saturated heterocycles. The quantitative estimate of drug-likeness (QED) is 0.843. The maximum Gasteiger partial charge on any atom is 0.0953 e. The summed E-state index contributed by atoms with van der Waals surface area (Å²) in [5.41, 5.74) is 2.79. The molecule has 0 radical (unpaired) electrons. The molecule has 0 spiro atoms. The van der Waals surface area contributed by atoms with Crippen molar-refractivity contribution in [2.24, 2.45) is 0 Å². The van der Waals surface area contributed by atoms with E-state index in [2.05, 4.69) is 59.0 Å². The van der Waals surface area contributed by atoms with Gasteiger partial charge in [-0.25, -0.2) is 4.98 Å². The number of nitrogens with one attached hydrogen (secondary N) is 1. The molecular formula is C18H25N3. The van der Waals surface area contributed by atoms with Crippen LogP contribution in [-0.4, -0.2) is 15.6 Å². The van der Waals surface area contributed by atoms with Crippen LogP contribution in [-0.2, 0) is 18.5 Å². The first kappa shape index (κ1) is 14.3. The van der Waals surface area contributed by atoms with Crippen molar-refractivity contribution in [1.29, 1.82) is 0 Å². The fourth-order valence-electron chi connectivity index (χ4n) is 2.75. The van der Waals surface area contributed by atoms with Gasteiger partial charge in [0.2, 0.25) is 0 Å². The van der Waals surface area contributed by atoms with E-state index in [0.717, 1.165) is 25.4 Å². The van der Waals surface area contributed by atoms with Gasteiger partial charge < -0.3 is 9.88 Å². The molecule has 1 aromatic heterocycles. The largest absolute Gasteiger partial charge is 0.328 e. The highest BCUT2D eigenvalue weighted by molar-refractivity contribution is 5.15. The molecular weight excluding hydrogens is 258 g/mol. The van der Waals surface area contributed by atoms with Crippen LogP contribution in [0.1, 0.15) is 44.4 Å². The van der Waals surface area contributed by atoms with Crippen LogP contribution in [0.25, 0.3) is 0 Å². The van der Waals surface area contributed by atoms with Crippen LogP contribution < -0.4 is 5.32 Å². The van der Waals surface area contributed by atoms with Gasteiger partial charge in [-0.2, -0.15) is 0 Å². The van der Waals surface area contributed by atoms with Crippen molar-refractivity contribution in [2.75, 3.05) is 0 Å². The Hall–Kier alpha value is -1.61. The molecule has 1 heterocycles. The van der Waals surface area contributed by atoms with Gasteiger partial charge >= 0.3 is 0 Å². The van der Waals surface area contributed by atoms with Gasteiger partial charge in [-0.15, -0.1) is 0 Å². The third-order valence-corrected chi connectivity index (χ3v) is 4.38. The lowest BCUT2D eigenvalue weighted by Gasteiger charge is -2.29. The summed E-state index contributed by atoms with van der Waals surface area (Å²) < 4.78 is 2.34. The molecule has 1 aliphatic rings. The van der Waals surface area contributed by atoms with Gasteiger partial charge in [-0.05, 0) is 45.1 Å². The molecule has 112 valence electrons. The Morgan fingerprint density at radius 1 is 1.24 bits per heavy atom. The number of aromatic nitrogens is 2. The number of benzene rings is 1. The van der Waals surface area contributed by atoms with Crippen molar-refractivity contribution in [3.05, 3.63) is 54.1 Å². The molecule has 1 N–H and O–H groups in total. The van der Waals surface area contributed by atoms with Gasteiger partial charge in [-0.3, -0.25) is 0 Å². The number of nitrogens with zero attached hydrogens (tertiary/aromatic N) is 2. The number of rotatable bonds is 7. The van der Waals surface area contributed by atoms with E-state index in [9.17, 15) is 0 Å². The zero-order valence-electron chi connectivity index (χ0n) is 13.0. The van der Waals surface area contributed by atoms with Crippen molar-refractivity contribution >= 4 is 0 Å². The van der Waals surface area contributed by atoms with Crippen LogP contribution >= 0.6 is 0 Å². The van der Waals surface area contributed by atoms with Crippen molar-refractivity contribution in [3.63, 3.8) is 0 Å². The van der Waals surface area contributed by atoms with Crippen LogP contribution in [0.2, 0.25) is 0 Å². The molecule has 1 saturated carbocycles. The first-order chi connectivity index (χ1) is 10.1. The molecule has 21 heavy (non-hydrogen) atoms. The van der Waals surface area contributed by atoms with E-state index in [1.807, 2.05) is 12.5 Å². The molecule has 0 unspecified atom stereocenters. The maximum absolute atomic E-state index is 4.36. The van der Waals surface area contributed by atoms with Crippen molar-refractivity contribution < 1.29 is 0 Å². The summed E-state index contributed by atoms with van der Waals surface area (Å²) >= 11 is 0. The lowest BCUT2D eigenvalue weighted by atomic mass is 9.94. The van der Waals surface area contributed by atoms with Gasteiger partial charge in [0.05, 0.1) is 12.0 Å². The Bertz CT molecular complexity index is 567. The molecule has 1 aromatic carbocycles. The van der Waals surface area contributed by atoms with E-state index in [1.54, 1.807) is 0 Å². The van der Waals surface area contributed by atoms with Crippen LogP contribution in [0.3, 0.4) is 0 Å². The van der Waals surface area contributed by atoms with E-state index >= 15 is 0 Å². The van der Waals surface area contributed by atoms with E-state index in [1.165, 1.54) is 24.1 Å². The van der Waals surface area contributed by atoms with Crippen LogP contribution in [0.15, 0.2) is 42.9 Å². The Labute approximate surface area is 127 Å². The summed E-state index contributed by atoms with van der Waals surface area (Å²) in [5.74, 6) is 0. The molecule has 2 aromatic rings. The zero-order valence-corrected chi connectivity index (χ0v) is 13.0. The summed E-state index contributed by atoms with van der Waals surface area (Å²) in [6, 6.07) is 11.5. The first-order valence-corrected chi connectivity index (χ1v) is 7.94. The average Bonchev–Trinajstić information content (AvgIpc) is 3.20. The monoisotopic (exact) mass is 283 g/mol. The molecule has 0 aliphatic heterocycles. The van der Waals surface area contributed by atoms with Gasteiger partial charge in [0.1, 0.15) is 0 Å². The molecule has 3 heteroatoms. The van der Waals surface area contributed by atoms with Crippen molar-refractivity contribution in [3.8, 4) is 0 Å². The molecule has 3 rings (SSSR count). The number of imidazole rings is 1. The Morgan fingerprint density at radius 2 is 2.00 bits per heavy atom. The highest BCUT2D eigenvalue weighted by Gasteiger charge is 2.24. The lowest BCUT2D eigenvalue weighted by Crippen LogP contribution is -2.30. The minimum atomic E-state index is 0.0902. The molecule has 1 aliphatic carbocycles. The number of aryl methyl sites for hydroxylation is 1. The standard InChI is InChI=1S/C18H25N3/c1-18(2,11-10-15-6-4-3-5-7-15)21-14-19-12-17(21)13-20-16-8-9-16/h3-7,12,14,16,20H,8-11,13H2,1-2H3. The fourth-order valence-corrected chi connectivity index (χ4v) is 2.75.